The molecule has 0 fully saturated rings. The lowest BCUT2D eigenvalue weighted by Gasteiger charge is -2.11. The zero-order valence-electron chi connectivity index (χ0n) is 10.5. The smallest absolute Gasteiger partial charge is 0.269 e. The van der Waals surface area contributed by atoms with Gasteiger partial charge in [-0.1, -0.05) is 48.0 Å². The summed E-state index contributed by atoms with van der Waals surface area (Å²) in [5, 5.41) is 1.11. The van der Waals surface area contributed by atoms with Gasteiger partial charge in [0, 0.05) is 21.2 Å². The lowest BCUT2D eigenvalue weighted by atomic mass is 10.2. The van der Waals surface area contributed by atoms with Gasteiger partial charge in [-0.2, -0.15) is 0 Å². The molecule has 0 aliphatic carbocycles. The Morgan fingerprint density at radius 3 is 2.05 bits per heavy atom. The number of hydrazine groups is 1. The molecule has 102 valence electrons. The third-order valence-electron chi connectivity index (χ3n) is 2.59. The molecule has 0 atom stereocenters. The van der Waals surface area contributed by atoms with Gasteiger partial charge in [0.15, 0.2) is 0 Å². The van der Waals surface area contributed by atoms with E-state index in [9.17, 15) is 4.79 Å². The van der Waals surface area contributed by atoms with Crippen molar-refractivity contribution in [2.75, 3.05) is 0 Å². The van der Waals surface area contributed by atoms with Crippen LogP contribution >= 0.6 is 23.2 Å². The van der Waals surface area contributed by atoms with Gasteiger partial charge in [0.1, 0.15) is 0 Å². The monoisotopic (exact) mass is 306 g/mol. The number of amides is 1. The quantitative estimate of drug-likeness (QED) is 0.841. The maximum atomic E-state index is 11.9. The van der Waals surface area contributed by atoms with Gasteiger partial charge < -0.3 is 0 Å². The summed E-state index contributed by atoms with van der Waals surface area (Å²) in [5.74, 6) is -0.296. The van der Waals surface area contributed by atoms with Crippen LogP contribution in [0.4, 0.5) is 0 Å². The standard InChI is InChI=1S/C15H12Cl2N2O/c1-10(11-4-2-6-13(16)8-11)18-19-15(20)12-5-3-7-14(17)9-12/h2-9,18H,1H2,(H,19,20). The van der Waals surface area contributed by atoms with Gasteiger partial charge in [-0.05, 0) is 30.3 Å². The molecule has 0 unspecified atom stereocenters. The van der Waals surface area contributed by atoms with Gasteiger partial charge in [0.25, 0.3) is 5.91 Å². The van der Waals surface area contributed by atoms with Crippen LogP contribution in [0.5, 0.6) is 0 Å². The summed E-state index contributed by atoms with van der Waals surface area (Å²) in [5.41, 5.74) is 7.10. The van der Waals surface area contributed by atoms with E-state index in [1.807, 2.05) is 12.1 Å². The highest BCUT2D eigenvalue weighted by molar-refractivity contribution is 6.31. The lowest BCUT2D eigenvalue weighted by molar-refractivity contribution is 0.0942. The van der Waals surface area contributed by atoms with Crippen LogP contribution in [0.2, 0.25) is 10.0 Å². The summed E-state index contributed by atoms with van der Waals surface area (Å²) < 4.78 is 0. The van der Waals surface area contributed by atoms with Gasteiger partial charge in [-0.3, -0.25) is 15.6 Å². The second kappa shape index (κ2) is 6.46. The van der Waals surface area contributed by atoms with Crippen LogP contribution in [0.25, 0.3) is 5.70 Å². The number of hydrogen-bond donors (Lipinski definition) is 2. The first-order valence-corrected chi connectivity index (χ1v) is 6.58. The van der Waals surface area contributed by atoms with Gasteiger partial charge >= 0.3 is 0 Å². The molecule has 0 heterocycles. The molecule has 0 aliphatic heterocycles. The molecule has 0 saturated carbocycles. The number of carbonyl (C=O) groups is 1. The van der Waals surface area contributed by atoms with Crippen molar-refractivity contribution in [1.82, 2.24) is 10.9 Å². The molecule has 1 amide bonds. The number of hydrogen-bond acceptors (Lipinski definition) is 2. The van der Waals surface area contributed by atoms with Crippen molar-refractivity contribution in [2.24, 2.45) is 0 Å². The van der Waals surface area contributed by atoms with Crippen molar-refractivity contribution in [3.63, 3.8) is 0 Å². The topological polar surface area (TPSA) is 41.1 Å². The fraction of sp³-hybridized carbons (Fsp3) is 0. The van der Waals surface area contributed by atoms with Crippen molar-refractivity contribution in [1.29, 1.82) is 0 Å². The maximum absolute atomic E-state index is 11.9. The van der Waals surface area contributed by atoms with E-state index in [1.54, 1.807) is 36.4 Å². The van der Waals surface area contributed by atoms with E-state index in [-0.39, 0.29) is 5.91 Å². The molecule has 2 N–H and O–H groups in total. The molecule has 0 aromatic heterocycles. The van der Waals surface area contributed by atoms with Gasteiger partial charge in [-0.15, -0.1) is 0 Å². The van der Waals surface area contributed by atoms with Crippen LogP contribution in [0.3, 0.4) is 0 Å². The normalized spacial score (nSPS) is 9.90. The maximum Gasteiger partial charge on any atom is 0.269 e. The first kappa shape index (κ1) is 14.4. The predicted molar refractivity (Wildman–Crippen MR) is 82.5 cm³/mol. The summed E-state index contributed by atoms with van der Waals surface area (Å²) >= 11 is 11.7. The Hall–Kier alpha value is -1.97. The number of benzene rings is 2. The molecule has 0 bridgehead atoms. The second-order valence-corrected chi connectivity index (χ2v) is 4.95. The molecule has 5 heteroatoms. The van der Waals surface area contributed by atoms with Crippen molar-refractivity contribution < 1.29 is 4.79 Å². The lowest BCUT2D eigenvalue weighted by Crippen LogP contribution is -2.35. The Morgan fingerprint density at radius 1 is 0.900 bits per heavy atom. The first-order valence-electron chi connectivity index (χ1n) is 5.83. The number of rotatable bonds is 4. The minimum Gasteiger partial charge on any atom is -0.298 e. The van der Waals surface area contributed by atoms with Crippen LogP contribution in [0.15, 0.2) is 55.1 Å². The summed E-state index contributed by atoms with van der Waals surface area (Å²) in [6, 6.07) is 13.8. The van der Waals surface area contributed by atoms with Crippen LogP contribution < -0.4 is 10.9 Å². The molecule has 2 rings (SSSR count). The third-order valence-corrected chi connectivity index (χ3v) is 3.06. The van der Waals surface area contributed by atoms with Gasteiger partial charge in [0.05, 0.1) is 5.70 Å². The Labute approximate surface area is 127 Å². The predicted octanol–water partition coefficient (Wildman–Crippen LogP) is 3.90. The molecule has 3 nitrogen and oxygen atoms in total. The largest absolute Gasteiger partial charge is 0.298 e. The summed E-state index contributed by atoms with van der Waals surface area (Å²) in [4.78, 5) is 11.9. The minimum atomic E-state index is -0.296. The molecular weight excluding hydrogens is 295 g/mol. The average molecular weight is 307 g/mol. The zero-order valence-corrected chi connectivity index (χ0v) is 12.0. The summed E-state index contributed by atoms with van der Waals surface area (Å²) in [6.45, 7) is 3.84. The number of carbonyl (C=O) groups excluding carboxylic acids is 1. The van der Waals surface area contributed by atoms with E-state index >= 15 is 0 Å². The van der Waals surface area contributed by atoms with Gasteiger partial charge in [0.2, 0.25) is 0 Å². The van der Waals surface area contributed by atoms with Crippen molar-refractivity contribution in [2.45, 2.75) is 0 Å². The Morgan fingerprint density at radius 2 is 1.45 bits per heavy atom. The third kappa shape index (κ3) is 3.76. The molecule has 0 saturated heterocycles. The Bertz CT molecular complexity index is 598. The SMILES string of the molecule is C=C(NNC(=O)c1cccc(Cl)c1)c1cccc(Cl)c1. The van der Waals surface area contributed by atoms with Crippen molar-refractivity contribution in [3.8, 4) is 0 Å². The highest BCUT2D eigenvalue weighted by Gasteiger charge is 2.06. The van der Waals surface area contributed by atoms with Crippen LogP contribution in [-0.4, -0.2) is 5.91 Å². The fourth-order valence-corrected chi connectivity index (χ4v) is 1.96. The van der Waals surface area contributed by atoms with Crippen molar-refractivity contribution in [3.05, 3.63) is 76.3 Å². The van der Waals surface area contributed by atoms with E-state index < -0.39 is 0 Å². The highest BCUT2D eigenvalue weighted by atomic mass is 35.5. The molecular formula is C15H12Cl2N2O. The molecule has 2 aromatic rings. The summed E-state index contributed by atoms with van der Waals surface area (Å²) in [7, 11) is 0. The van der Waals surface area contributed by atoms with Gasteiger partial charge in [-0.25, -0.2) is 0 Å². The second-order valence-electron chi connectivity index (χ2n) is 4.08. The first-order chi connectivity index (χ1) is 9.56. The van der Waals surface area contributed by atoms with Crippen LogP contribution in [0.1, 0.15) is 15.9 Å². The van der Waals surface area contributed by atoms with E-state index in [4.69, 9.17) is 23.2 Å². The van der Waals surface area contributed by atoms with E-state index in [0.717, 1.165) is 5.56 Å². The molecule has 0 radical (unpaired) electrons. The molecule has 2 aromatic carbocycles. The van der Waals surface area contributed by atoms with E-state index in [0.29, 0.717) is 21.3 Å². The van der Waals surface area contributed by atoms with E-state index in [1.165, 1.54) is 0 Å². The zero-order chi connectivity index (χ0) is 14.5. The van der Waals surface area contributed by atoms with E-state index in [2.05, 4.69) is 17.4 Å². The molecule has 0 aliphatic rings. The minimum absolute atomic E-state index is 0.296. The average Bonchev–Trinajstić information content (AvgIpc) is 2.44. The molecule has 20 heavy (non-hydrogen) atoms. The number of nitrogens with one attached hydrogen (secondary N) is 2. The fourth-order valence-electron chi connectivity index (χ4n) is 1.58. The summed E-state index contributed by atoms with van der Waals surface area (Å²) in [6.07, 6.45) is 0. The Kier molecular flexibility index (Phi) is 4.66. The Balaban J connectivity index is 1.98. The highest BCUT2D eigenvalue weighted by Crippen LogP contribution is 2.15. The number of halogens is 2. The van der Waals surface area contributed by atoms with Crippen LogP contribution in [-0.2, 0) is 0 Å². The van der Waals surface area contributed by atoms with Crippen LogP contribution in [0, 0.1) is 0 Å². The molecule has 0 spiro atoms. The van der Waals surface area contributed by atoms with Crippen molar-refractivity contribution >= 4 is 34.8 Å².